The first kappa shape index (κ1) is 12.0. The Bertz CT molecular complexity index is 240. The summed E-state index contributed by atoms with van der Waals surface area (Å²) in [6.45, 7) is 3.11. The quantitative estimate of drug-likeness (QED) is 0.601. The summed E-state index contributed by atoms with van der Waals surface area (Å²) in [5.74, 6) is 0.547. The number of nitriles is 1. The maximum atomic E-state index is 11.3. The Balaban J connectivity index is 2.18. The van der Waals surface area contributed by atoms with Crippen molar-refractivity contribution in [3.63, 3.8) is 0 Å². The number of nitrogens with two attached hydrogens (primary N) is 1. The summed E-state index contributed by atoms with van der Waals surface area (Å²) in [4.78, 5) is 13.4. The van der Waals surface area contributed by atoms with Gasteiger partial charge in [-0.15, -0.1) is 0 Å². The van der Waals surface area contributed by atoms with Gasteiger partial charge in [-0.05, 0) is 38.4 Å². The van der Waals surface area contributed by atoms with Gasteiger partial charge < -0.3 is 11.1 Å². The van der Waals surface area contributed by atoms with E-state index in [1.54, 1.807) is 0 Å². The molecule has 1 aliphatic heterocycles. The van der Waals surface area contributed by atoms with Crippen LogP contribution in [0.25, 0.3) is 0 Å². The average molecular weight is 210 g/mol. The molecule has 0 bridgehead atoms. The minimum Gasteiger partial charge on any atom is -0.342 e. The first-order valence-corrected chi connectivity index (χ1v) is 5.32. The Hall–Kier alpha value is -1.12. The molecule has 5 nitrogen and oxygen atoms in total. The van der Waals surface area contributed by atoms with Gasteiger partial charge in [0.25, 0.3) is 0 Å². The second kappa shape index (κ2) is 6.38. The number of nitrogens with one attached hydrogen (secondary N) is 1. The molecule has 5 heteroatoms. The summed E-state index contributed by atoms with van der Waals surface area (Å²) in [5, 5.41) is 10.8. The van der Waals surface area contributed by atoms with Crippen LogP contribution in [0.2, 0.25) is 0 Å². The Labute approximate surface area is 90.2 Å². The number of carbonyl (C=O) groups is 1. The largest absolute Gasteiger partial charge is 0.342 e. The normalized spacial score (nSPS) is 18.4. The van der Waals surface area contributed by atoms with E-state index in [2.05, 4.69) is 10.2 Å². The molecule has 1 amide bonds. The van der Waals surface area contributed by atoms with Gasteiger partial charge in [0, 0.05) is 0 Å². The second-order valence-electron chi connectivity index (χ2n) is 3.89. The van der Waals surface area contributed by atoms with Gasteiger partial charge in [0.05, 0.1) is 12.6 Å². The van der Waals surface area contributed by atoms with Crippen molar-refractivity contribution in [1.29, 1.82) is 5.26 Å². The Kier molecular flexibility index (Phi) is 5.08. The van der Waals surface area contributed by atoms with Crippen LogP contribution in [-0.4, -0.2) is 43.5 Å². The van der Waals surface area contributed by atoms with Gasteiger partial charge in [0.1, 0.15) is 6.54 Å². The molecule has 0 aliphatic carbocycles. The van der Waals surface area contributed by atoms with Gasteiger partial charge in [0.2, 0.25) is 5.91 Å². The number of likely N-dealkylation sites (tertiary alicyclic amines) is 1. The van der Waals surface area contributed by atoms with Crippen LogP contribution in [0.5, 0.6) is 0 Å². The van der Waals surface area contributed by atoms with Crippen LogP contribution >= 0.6 is 0 Å². The monoisotopic (exact) mass is 210 g/mol. The van der Waals surface area contributed by atoms with E-state index in [0.717, 1.165) is 32.5 Å². The number of hydrogen-bond donors (Lipinski definition) is 2. The summed E-state index contributed by atoms with van der Waals surface area (Å²) in [5.41, 5.74) is 5.58. The van der Waals surface area contributed by atoms with Crippen LogP contribution in [0, 0.1) is 17.2 Å². The third-order valence-electron chi connectivity index (χ3n) is 2.77. The molecular weight excluding hydrogens is 192 g/mol. The second-order valence-corrected chi connectivity index (χ2v) is 3.89. The maximum Gasteiger partial charge on any atom is 0.235 e. The molecule has 1 rings (SSSR count). The lowest BCUT2D eigenvalue weighted by Crippen LogP contribution is -2.42. The van der Waals surface area contributed by atoms with E-state index in [0.29, 0.717) is 12.5 Å². The van der Waals surface area contributed by atoms with Gasteiger partial charge in [-0.25, -0.2) is 0 Å². The summed E-state index contributed by atoms with van der Waals surface area (Å²) in [6, 6.07) is 1.89. The molecule has 0 aromatic rings. The molecular formula is C10H18N4O. The van der Waals surface area contributed by atoms with E-state index in [1.807, 2.05) is 6.07 Å². The van der Waals surface area contributed by atoms with Crippen LogP contribution in [0.4, 0.5) is 0 Å². The zero-order valence-electron chi connectivity index (χ0n) is 8.91. The van der Waals surface area contributed by atoms with Crippen molar-refractivity contribution in [1.82, 2.24) is 10.2 Å². The molecule has 84 valence electrons. The van der Waals surface area contributed by atoms with Gasteiger partial charge in [-0.1, -0.05) is 0 Å². The molecule has 0 radical (unpaired) electrons. The fourth-order valence-electron chi connectivity index (χ4n) is 1.78. The first-order chi connectivity index (χ1) is 7.26. The standard InChI is InChI=1S/C10H18N4O/c11-3-4-13-10(15)8-14-5-1-9(7-12)2-6-14/h9H,1-2,4-8,12H2,(H,13,15). The number of rotatable bonds is 4. The summed E-state index contributed by atoms with van der Waals surface area (Å²) in [6.07, 6.45) is 2.14. The molecule has 0 aromatic carbocycles. The molecule has 0 unspecified atom stereocenters. The molecule has 15 heavy (non-hydrogen) atoms. The van der Waals surface area contributed by atoms with Crippen LogP contribution in [0.3, 0.4) is 0 Å². The number of piperidine rings is 1. The van der Waals surface area contributed by atoms with E-state index in [-0.39, 0.29) is 12.5 Å². The van der Waals surface area contributed by atoms with Crippen molar-refractivity contribution in [2.24, 2.45) is 11.7 Å². The third-order valence-corrected chi connectivity index (χ3v) is 2.77. The number of hydrogen-bond acceptors (Lipinski definition) is 4. The molecule has 1 heterocycles. The summed E-state index contributed by atoms with van der Waals surface area (Å²) in [7, 11) is 0. The number of amides is 1. The highest BCUT2D eigenvalue weighted by atomic mass is 16.2. The fraction of sp³-hybridized carbons (Fsp3) is 0.800. The van der Waals surface area contributed by atoms with Gasteiger partial charge in [-0.2, -0.15) is 5.26 Å². The highest BCUT2D eigenvalue weighted by Gasteiger charge is 2.19. The van der Waals surface area contributed by atoms with Crippen LogP contribution in [-0.2, 0) is 4.79 Å². The van der Waals surface area contributed by atoms with Gasteiger partial charge in [0.15, 0.2) is 0 Å². The summed E-state index contributed by atoms with van der Waals surface area (Å²) >= 11 is 0. The van der Waals surface area contributed by atoms with Gasteiger partial charge >= 0.3 is 0 Å². The smallest absolute Gasteiger partial charge is 0.235 e. The highest BCUT2D eigenvalue weighted by molar-refractivity contribution is 5.78. The third kappa shape index (κ3) is 4.28. The predicted molar refractivity (Wildman–Crippen MR) is 56.8 cm³/mol. The minimum atomic E-state index is -0.0669. The fourth-order valence-corrected chi connectivity index (χ4v) is 1.78. The molecule has 3 N–H and O–H groups in total. The predicted octanol–water partition coefficient (Wildman–Crippen LogP) is -0.703. The lowest BCUT2D eigenvalue weighted by molar-refractivity contribution is -0.122. The lowest BCUT2D eigenvalue weighted by atomic mass is 9.97. The van der Waals surface area contributed by atoms with E-state index >= 15 is 0 Å². The zero-order chi connectivity index (χ0) is 11.1. The molecule has 0 saturated carbocycles. The van der Waals surface area contributed by atoms with Crippen LogP contribution < -0.4 is 11.1 Å². The van der Waals surface area contributed by atoms with Crippen LogP contribution in [0.15, 0.2) is 0 Å². The average Bonchev–Trinajstić information content (AvgIpc) is 2.27. The van der Waals surface area contributed by atoms with Gasteiger partial charge in [-0.3, -0.25) is 9.69 Å². The Morgan fingerprint density at radius 1 is 1.53 bits per heavy atom. The van der Waals surface area contributed by atoms with Crippen LogP contribution in [0.1, 0.15) is 12.8 Å². The highest BCUT2D eigenvalue weighted by Crippen LogP contribution is 2.14. The molecule has 1 aliphatic rings. The van der Waals surface area contributed by atoms with Crippen molar-refractivity contribution in [2.75, 3.05) is 32.7 Å². The number of nitrogens with zero attached hydrogens (tertiary/aromatic N) is 2. The molecule has 0 spiro atoms. The van der Waals surface area contributed by atoms with Crippen molar-refractivity contribution in [3.05, 3.63) is 0 Å². The maximum absolute atomic E-state index is 11.3. The van der Waals surface area contributed by atoms with Crippen molar-refractivity contribution in [2.45, 2.75) is 12.8 Å². The first-order valence-electron chi connectivity index (χ1n) is 5.32. The molecule has 0 atom stereocenters. The Morgan fingerprint density at radius 2 is 2.20 bits per heavy atom. The zero-order valence-corrected chi connectivity index (χ0v) is 8.91. The van der Waals surface area contributed by atoms with Crippen molar-refractivity contribution < 1.29 is 4.79 Å². The van der Waals surface area contributed by atoms with E-state index in [4.69, 9.17) is 11.0 Å². The van der Waals surface area contributed by atoms with E-state index < -0.39 is 0 Å². The molecule has 1 saturated heterocycles. The van der Waals surface area contributed by atoms with E-state index in [9.17, 15) is 4.79 Å². The van der Waals surface area contributed by atoms with E-state index in [1.165, 1.54) is 0 Å². The SMILES string of the molecule is N#CCNC(=O)CN1CCC(CN)CC1. The molecule has 0 aromatic heterocycles. The lowest BCUT2D eigenvalue weighted by Gasteiger charge is -2.30. The van der Waals surface area contributed by atoms with Crippen molar-refractivity contribution in [3.8, 4) is 6.07 Å². The number of carbonyl (C=O) groups excluding carboxylic acids is 1. The molecule has 1 fully saturated rings. The Morgan fingerprint density at radius 3 is 2.73 bits per heavy atom. The topological polar surface area (TPSA) is 82.2 Å². The minimum absolute atomic E-state index is 0.0669. The van der Waals surface area contributed by atoms with Crippen molar-refractivity contribution >= 4 is 5.91 Å². The summed E-state index contributed by atoms with van der Waals surface area (Å²) < 4.78 is 0.